The van der Waals surface area contributed by atoms with Gasteiger partial charge in [0.2, 0.25) is 0 Å². The minimum absolute atomic E-state index is 0.158. The summed E-state index contributed by atoms with van der Waals surface area (Å²) in [6.45, 7) is 0. The number of anilines is 1. The first-order valence-electron chi connectivity index (χ1n) is 8.33. The summed E-state index contributed by atoms with van der Waals surface area (Å²) in [7, 11) is 2.17. The van der Waals surface area contributed by atoms with Gasteiger partial charge in [0.1, 0.15) is 5.00 Å². The maximum atomic E-state index is 6.22. The molecule has 0 radical (unpaired) electrons. The van der Waals surface area contributed by atoms with Gasteiger partial charge in [-0.15, -0.1) is 11.3 Å². The first kappa shape index (κ1) is 14.7. The highest BCUT2D eigenvalue weighted by Gasteiger charge is 2.56. The van der Waals surface area contributed by atoms with E-state index >= 15 is 0 Å². The summed E-state index contributed by atoms with van der Waals surface area (Å²) in [5.74, 6) is 1.46. The molecule has 1 aromatic heterocycles. The summed E-state index contributed by atoms with van der Waals surface area (Å²) in [4.78, 5) is 6.22. The molecule has 0 unspecified atom stereocenters. The van der Waals surface area contributed by atoms with Gasteiger partial charge in [-0.1, -0.05) is 17.7 Å². The standard InChI is InChI=1S/C17H20BrN3OS/c1-20-17(10-11-5-7-13(17)8-6-11)22-19-21(20)15-9-12-3-2-4-14(18)16(12)23-15/h2-4,9,11,13,19H,5-8,10H2,1H3/t11?,13?,17-/m1/s1. The van der Waals surface area contributed by atoms with Crippen molar-refractivity contribution in [3.8, 4) is 0 Å². The summed E-state index contributed by atoms with van der Waals surface area (Å²) in [6, 6.07) is 8.58. The minimum atomic E-state index is -0.158. The van der Waals surface area contributed by atoms with Crippen molar-refractivity contribution >= 4 is 42.4 Å². The van der Waals surface area contributed by atoms with E-state index in [0.29, 0.717) is 5.92 Å². The fraction of sp³-hybridized carbons (Fsp3) is 0.529. The normalized spacial score (nSPS) is 34.1. The van der Waals surface area contributed by atoms with Crippen LogP contribution in [0.4, 0.5) is 5.00 Å². The van der Waals surface area contributed by atoms with Crippen LogP contribution in [-0.4, -0.2) is 17.8 Å². The molecule has 2 heterocycles. The fourth-order valence-electron chi connectivity index (χ4n) is 4.65. The average Bonchev–Trinajstić information content (AvgIpc) is 3.13. The molecule has 3 saturated carbocycles. The number of rotatable bonds is 1. The molecule has 4 nitrogen and oxygen atoms in total. The van der Waals surface area contributed by atoms with E-state index in [9.17, 15) is 0 Å². The van der Waals surface area contributed by atoms with Gasteiger partial charge in [0, 0.05) is 17.4 Å². The molecule has 4 aliphatic rings. The molecule has 1 atom stereocenters. The zero-order chi connectivity index (χ0) is 15.6. The molecule has 23 heavy (non-hydrogen) atoms. The molecule has 0 amide bonds. The Labute approximate surface area is 148 Å². The minimum Gasteiger partial charge on any atom is -0.256 e. The molecule has 6 heteroatoms. The zero-order valence-electron chi connectivity index (χ0n) is 13.1. The highest BCUT2D eigenvalue weighted by Crippen LogP contribution is 2.52. The van der Waals surface area contributed by atoms with E-state index in [1.807, 2.05) is 0 Å². The molecule has 6 rings (SSSR count). The summed E-state index contributed by atoms with van der Waals surface area (Å²) in [5.41, 5.74) is 3.04. The van der Waals surface area contributed by atoms with Crippen molar-refractivity contribution in [1.29, 1.82) is 0 Å². The van der Waals surface area contributed by atoms with Gasteiger partial charge in [0.05, 0.1) is 4.70 Å². The van der Waals surface area contributed by atoms with E-state index in [-0.39, 0.29) is 5.72 Å². The number of benzene rings is 1. The van der Waals surface area contributed by atoms with Crippen molar-refractivity contribution in [3.63, 3.8) is 0 Å². The molecular formula is C17H20BrN3OS. The molecule has 1 N–H and O–H groups in total. The second-order valence-electron chi connectivity index (χ2n) is 7.04. The summed E-state index contributed by atoms with van der Waals surface area (Å²) < 4.78 is 2.43. The third-order valence-corrected chi connectivity index (χ3v) is 8.00. The topological polar surface area (TPSA) is 27.7 Å². The lowest BCUT2D eigenvalue weighted by atomic mass is 9.65. The smallest absolute Gasteiger partial charge is 0.165 e. The summed E-state index contributed by atoms with van der Waals surface area (Å²) in [6.07, 6.45) is 6.48. The monoisotopic (exact) mass is 393 g/mol. The average molecular weight is 394 g/mol. The molecule has 1 aliphatic heterocycles. The van der Waals surface area contributed by atoms with E-state index in [4.69, 9.17) is 4.84 Å². The van der Waals surface area contributed by atoms with Crippen molar-refractivity contribution < 1.29 is 4.84 Å². The molecule has 1 aromatic carbocycles. The van der Waals surface area contributed by atoms with Crippen molar-refractivity contribution in [1.82, 2.24) is 10.6 Å². The van der Waals surface area contributed by atoms with Crippen LogP contribution in [0.15, 0.2) is 28.7 Å². The number of nitrogens with zero attached hydrogens (tertiary/aromatic N) is 2. The highest BCUT2D eigenvalue weighted by atomic mass is 79.9. The van der Waals surface area contributed by atoms with Crippen LogP contribution < -0.4 is 10.7 Å². The number of halogens is 1. The van der Waals surface area contributed by atoms with Crippen LogP contribution in [0.5, 0.6) is 0 Å². The van der Waals surface area contributed by atoms with Gasteiger partial charge in [0.25, 0.3) is 0 Å². The second kappa shape index (κ2) is 5.17. The Hall–Kier alpha value is -0.660. The number of nitrogens with one attached hydrogen (secondary N) is 1. The Morgan fingerprint density at radius 1 is 1.30 bits per heavy atom. The summed E-state index contributed by atoms with van der Waals surface area (Å²) >= 11 is 5.44. The third-order valence-electron chi connectivity index (χ3n) is 5.91. The van der Waals surface area contributed by atoms with Gasteiger partial charge in [-0.2, -0.15) is 5.01 Å². The number of fused-ring (bicyclic) bond motifs is 3. The zero-order valence-corrected chi connectivity index (χ0v) is 15.5. The SMILES string of the molecule is CN1N(c2cc3cccc(Br)c3s2)NO[C@@]12CC1CCC2CC1. The lowest BCUT2D eigenvalue weighted by Gasteiger charge is -2.50. The second-order valence-corrected chi connectivity index (χ2v) is 8.92. The number of hydrogen-bond donors (Lipinski definition) is 1. The Kier molecular flexibility index (Phi) is 3.29. The van der Waals surface area contributed by atoms with Crippen LogP contribution in [0, 0.1) is 11.8 Å². The molecule has 1 spiro atoms. The van der Waals surface area contributed by atoms with Crippen LogP contribution in [0.3, 0.4) is 0 Å². The Morgan fingerprint density at radius 2 is 2.13 bits per heavy atom. The van der Waals surface area contributed by atoms with E-state index < -0.39 is 0 Å². The molecular weight excluding hydrogens is 374 g/mol. The lowest BCUT2D eigenvalue weighted by molar-refractivity contribution is -0.193. The van der Waals surface area contributed by atoms with Crippen molar-refractivity contribution in [3.05, 3.63) is 28.7 Å². The van der Waals surface area contributed by atoms with Crippen LogP contribution in [-0.2, 0) is 4.84 Å². The number of hydrogen-bond acceptors (Lipinski definition) is 5. The van der Waals surface area contributed by atoms with Crippen molar-refractivity contribution in [2.75, 3.05) is 12.2 Å². The first-order valence-corrected chi connectivity index (χ1v) is 9.94. The van der Waals surface area contributed by atoms with Gasteiger partial charge in [0.15, 0.2) is 5.72 Å². The Morgan fingerprint density at radius 3 is 2.83 bits per heavy atom. The van der Waals surface area contributed by atoms with E-state index in [0.717, 1.165) is 16.8 Å². The van der Waals surface area contributed by atoms with Crippen LogP contribution in [0.1, 0.15) is 32.1 Å². The molecule has 2 bridgehead atoms. The number of thiophene rings is 1. The largest absolute Gasteiger partial charge is 0.256 e. The van der Waals surface area contributed by atoms with E-state index in [1.54, 1.807) is 11.3 Å². The van der Waals surface area contributed by atoms with Gasteiger partial charge < -0.3 is 0 Å². The predicted octanol–water partition coefficient (Wildman–Crippen LogP) is 4.67. The maximum absolute atomic E-state index is 6.22. The van der Waals surface area contributed by atoms with E-state index in [1.165, 1.54) is 40.8 Å². The van der Waals surface area contributed by atoms with Crippen LogP contribution in [0.25, 0.3) is 10.1 Å². The van der Waals surface area contributed by atoms with E-state index in [2.05, 4.69) is 63.0 Å². The predicted molar refractivity (Wildman–Crippen MR) is 96.8 cm³/mol. The molecule has 3 aliphatic carbocycles. The quantitative estimate of drug-likeness (QED) is 0.761. The number of hydrazine groups is 2. The summed E-state index contributed by atoms with van der Waals surface area (Å²) in [5, 5.41) is 6.84. The van der Waals surface area contributed by atoms with Gasteiger partial charge >= 0.3 is 0 Å². The fourth-order valence-corrected chi connectivity index (χ4v) is 6.33. The molecule has 122 valence electrons. The Bertz CT molecular complexity index is 757. The van der Waals surface area contributed by atoms with Crippen LogP contribution in [0.2, 0.25) is 0 Å². The molecule has 1 saturated heterocycles. The third kappa shape index (κ3) is 2.05. The Balaban J connectivity index is 1.51. The lowest BCUT2D eigenvalue weighted by Crippen LogP contribution is -2.58. The van der Waals surface area contributed by atoms with Gasteiger partial charge in [-0.25, -0.2) is 5.12 Å². The van der Waals surface area contributed by atoms with Crippen molar-refractivity contribution in [2.45, 2.75) is 37.8 Å². The first-order chi connectivity index (χ1) is 11.2. The van der Waals surface area contributed by atoms with Gasteiger partial charge in [-0.05, 0) is 71.5 Å². The maximum Gasteiger partial charge on any atom is 0.165 e. The van der Waals surface area contributed by atoms with Crippen molar-refractivity contribution in [2.24, 2.45) is 11.8 Å². The molecule has 2 aromatic rings. The van der Waals surface area contributed by atoms with Crippen LogP contribution >= 0.6 is 27.3 Å². The van der Waals surface area contributed by atoms with Gasteiger partial charge in [-0.3, -0.25) is 4.84 Å². The molecule has 4 fully saturated rings. The highest BCUT2D eigenvalue weighted by molar-refractivity contribution is 9.10.